The molecule has 0 saturated heterocycles. The SMILES string of the molecule is Cc1ccc(C)c(SCC(=O)Cc2ccc(F)cc2)c1. The summed E-state index contributed by atoms with van der Waals surface area (Å²) in [6.07, 6.45) is 0.359. The van der Waals surface area contributed by atoms with E-state index < -0.39 is 0 Å². The van der Waals surface area contributed by atoms with E-state index in [0.29, 0.717) is 12.2 Å². The molecule has 0 amide bonds. The van der Waals surface area contributed by atoms with E-state index in [1.807, 2.05) is 13.8 Å². The van der Waals surface area contributed by atoms with Crippen LogP contribution in [0.25, 0.3) is 0 Å². The molecule has 20 heavy (non-hydrogen) atoms. The van der Waals surface area contributed by atoms with Crippen LogP contribution in [0.2, 0.25) is 0 Å². The van der Waals surface area contributed by atoms with Gasteiger partial charge < -0.3 is 0 Å². The average molecular weight is 288 g/mol. The minimum absolute atomic E-state index is 0.155. The Hall–Kier alpha value is -1.61. The van der Waals surface area contributed by atoms with Gasteiger partial charge in [0.1, 0.15) is 11.6 Å². The largest absolute Gasteiger partial charge is 0.298 e. The molecule has 1 nitrogen and oxygen atoms in total. The lowest BCUT2D eigenvalue weighted by Crippen LogP contribution is -2.05. The molecule has 0 heterocycles. The van der Waals surface area contributed by atoms with Crippen molar-refractivity contribution in [3.63, 3.8) is 0 Å². The molecule has 0 fully saturated rings. The van der Waals surface area contributed by atoms with Gasteiger partial charge in [-0.15, -0.1) is 11.8 Å². The monoisotopic (exact) mass is 288 g/mol. The highest BCUT2D eigenvalue weighted by atomic mass is 32.2. The normalized spacial score (nSPS) is 10.6. The van der Waals surface area contributed by atoms with E-state index in [-0.39, 0.29) is 11.6 Å². The van der Waals surface area contributed by atoms with Crippen LogP contribution in [0.5, 0.6) is 0 Å². The first-order chi connectivity index (χ1) is 9.54. The third kappa shape index (κ3) is 4.20. The van der Waals surface area contributed by atoms with Gasteiger partial charge in [-0.1, -0.05) is 29.8 Å². The molecule has 0 radical (unpaired) electrons. The average Bonchev–Trinajstić information content (AvgIpc) is 2.42. The number of benzene rings is 2. The summed E-state index contributed by atoms with van der Waals surface area (Å²) in [7, 11) is 0. The van der Waals surface area contributed by atoms with Gasteiger partial charge in [-0.2, -0.15) is 0 Å². The zero-order valence-electron chi connectivity index (χ0n) is 11.7. The lowest BCUT2D eigenvalue weighted by atomic mass is 10.1. The second-order valence-corrected chi connectivity index (χ2v) is 5.92. The summed E-state index contributed by atoms with van der Waals surface area (Å²) >= 11 is 1.57. The molecule has 0 unspecified atom stereocenters. The maximum absolute atomic E-state index is 12.8. The van der Waals surface area contributed by atoms with Crippen molar-refractivity contribution in [2.45, 2.75) is 25.2 Å². The van der Waals surface area contributed by atoms with Crippen LogP contribution in [-0.2, 0) is 11.2 Å². The van der Waals surface area contributed by atoms with Crippen molar-refractivity contribution in [2.75, 3.05) is 5.75 Å². The number of hydrogen-bond donors (Lipinski definition) is 0. The Morgan fingerprint density at radius 2 is 1.80 bits per heavy atom. The first kappa shape index (κ1) is 14.8. The summed E-state index contributed by atoms with van der Waals surface area (Å²) in [6, 6.07) is 12.3. The Kier molecular flexibility index (Phi) is 4.96. The van der Waals surface area contributed by atoms with Crippen molar-refractivity contribution in [1.29, 1.82) is 0 Å². The summed E-state index contributed by atoms with van der Waals surface area (Å²) in [4.78, 5) is 13.1. The predicted molar refractivity (Wildman–Crippen MR) is 81.8 cm³/mol. The molecular formula is C17H17FOS. The molecule has 2 rings (SSSR count). The van der Waals surface area contributed by atoms with Gasteiger partial charge in [-0.3, -0.25) is 4.79 Å². The molecule has 0 aliphatic carbocycles. The van der Waals surface area contributed by atoms with E-state index in [1.54, 1.807) is 23.9 Å². The fraction of sp³-hybridized carbons (Fsp3) is 0.235. The van der Waals surface area contributed by atoms with E-state index in [2.05, 4.69) is 18.2 Å². The molecule has 0 aliphatic heterocycles. The lowest BCUT2D eigenvalue weighted by Gasteiger charge is -2.06. The Labute approximate surface area is 123 Å². The molecule has 104 valence electrons. The van der Waals surface area contributed by atoms with Gasteiger partial charge in [-0.25, -0.2) is 4.39 Å². The summed E-state index contributed by atoms with van der Waals surface area (Å²) in [5.74, 6) is 0.329. The van der Waals surface area contributed by atoms with Gasteiger partial charge >= 0.3 is 0 Å². The van der Waals surface area contributed by atoms with Crippen LogP contribution in [0.15, 0.2) is 47.4 Å². The van der Waals surface area contributed by atoms with Crippen LogP contribution < -0.4 is 0 Å². The second-order valence-electron chi connectivity index (χ2n) is 4.90. The van der Waals surface area contributed by atoms with Crippen molar-refractivity contribution in [1.82, 2.24) is 0 Å². The number of halogens is 1. The van der Waals surface area contributed by atoms with Crippen LogP contribution in [0.3, 0.4) is 0 Å². The van der Waals surface area contributed by atoms with Crippen molar-refractivity contribution in [3.8, 4) is 0 Å². The first-order valence-corrected chi connectivity index (χ1v) is 7.49. The molecule has 0 spiro atoms. The van der Waals surface area contributed by atoms with E-state index >= 15 is 0 Å². The minimum Gasteiger partial charge on any atom is -0.298 e. The number of hydrogen-bond acceptors (Lipinski definition) is 2. The molecule has 2 aromatic rings. The third-order valence-electron chi connectivity index (χ3n) is 3.05. The molecule has 0 aromatic heterocycles. The summed E-state index contributed by atoms with van der Waals surface area (Å²) < 4.78 is 12.8. The second kappa shape index (κ2) is 6.71. The van der Waals surface area contributed by atoms with Crippen LogP contribution in [0, 0.1) is 19.7 Å². The van der Waals surface area contributed by atoms with Gasteiger partial charge in [0, 0.05) is 11.3 Å². The Bertz CT molecular complexity index is 605. The quantitative estimate of drug-likeness (QED) is 0.761. The van der Waals surface area contributed by atoms with Crippen LogP contribution in [0.1, 0.15) is 16.7 Å². The van der Waals surface area contributed by atoms with Crippen molar-refractivity contribution in [3.05, 3.63) is 65.0 Å². The van der Waals surface area contributed by atoms with Crippen molar-refractivity contribution >= 4 is 17.5 Å². The van der Waals surface area contributed by atoms with Crippen molar-refractivity contribution in [2.24, 2.45) is 0 Å². The smallest absolute Gasteiger partial charge is 0.147 e. The van der Waals surface area contributed by atoms with Crippen molar-refractivity contribution < 1.29 is 9.18 Å². The van der Waals surface area contributed by atoms with E-state index in [0.717, 1.165) is 10.5 Å². The van der Waals surface area contributed by atoms with E-state index in [4.69, 9.17) is 0 Å². The minimum atomic E-state index is -0.272. The fourth-order valence-corrected chi connectivity index (χ4v) is 2.89. The zero-order valence-corrected chi connectivity index (χ0v) is 12.5. The molecule has 0 N–H and O–H groups in total. The lowest BCUT2D eigenvalue weighted by molar-refractivity contribution is -0.116. The number of Topliss-reactive ketones (excluding diaryl/α,β-unsaturated/α-hetero) is 1. The summed E-state index contributed by atoms with van der Waals surface area (Å²) in [5.41, 5.74) is 3.25. The van der Waals surface area contributed by atoms with Crippen LogP contribution in [0.4, 0.5) is 4.39 Å². The van der Waals surface area contributed by atoms with E-state index in [9.17, 15) is 9.18 Å². The Balaban J connectivity index is 1.92. The maximum atomic E-state index is 12.8. The molecule has 0 aliphatic rings. The molecule has 0 saturated carbocycles. The molecule has 3 heteroatoms. The molecule has 0 atom stereocenters. The van der Waals surface area contributed by atoms with Crippen LogP contribution in [-0.4, -0.2) is 11.5 Å². The molecule has 2 aromatic carbocycles. The Morgan fingerprint density at radius 3 is 2.50 bits per heavy atom. The number of carbonyl (C=O) groups is 1. The number of carbonyl (C=O) groups excluding carboxylic acids is 1. The highest BCUT2D eigenvalue weighted by Gasteiger charge is 2.07. The van der Waals surface area contributed by atoms with Gasteiger partial charge in [0.15, 0.2) is 0 Å². The number of rotatable bonds is 5. The van der Waals surface area contributed by atoms with Gasteiger partial charge in [0.25, 0.3) is 0 Å². The van der Waals surface area contributed by atoms with Gasteiger partial charge in [0.2, 0.25) is 0 Å². The fourth-order valence-electron chi connectivity index (χ4n) is 1.90. The first-order valence-electron chi connectivity index (χ1n) is 6.51. The zero-order chi connectivity index (χ0) is 14.5. The summed E-state index contributed by atoms with van der Waals surface area (Å²) in [5, 5.41) is 0. The van der Waals surface area contributed by atoms with Gasteiger partial charge in [-0.05, 0) is 43.2 Å². The molecular weight excluding hydrogens is 271 g/mol. The summed E-state index contributed by atoms with van der Waals surface area (Å²) in [6.45, 7) is 4.09. The Morgan fingerprint density at radius 1 is 1.10 bits per heavy atom. The maximum Gasteiger partial charge on any atom is 0.147 e. The van der Waals surface area contributed by atoms with Gasteiger partial charge in [0.05, 0.1) is 5.75 Å². The topological polar surface area (TPSA) is 17.1 Å². The molecule has 0 bridgehead atoms. The predicted octanol–water partition coefficient (Wildman–Crippen LogP) is 4.35. The van der Waals surface area contributed by atoms with Crippen LogP contribution >= 0.6 is 11.8 Å². The highest BCUT2D eigenvalue weighted by molar-refractivity contribution is 8.00. The number of aryl methyl sites for hydroxylation is 2. The third-order valence-corrected chi connectivity index (χ3v) is 4.26. The number of ketones is 1. The highest BCUT2D eigenvalue weighted by Crippen LogP contribution is 2.23. The number of thioether (sulfide) groups is 1. The van der Waals surface area contributed by atoms with E-state index in [1.165, 1.54) is 23.3 Å². The standard InChI is InChI=1S/C17H17FOS/c1-12-3-4-13(2)17(9-12)20-11-16(19)10-14-5-7-15(18)8-6-14/h3-9H,10-11H2,1-2H3.